The fraction of sp³-hybridized carbons (Fsp3) is 0.333. The van der Waals surface area contributed by atoms with E-state index in [0.717, 1.165) is 5.01 Å². The normalized spacial score (nSPS) is 14.6. The summed E-state index contributed by atoms with van der Waals surface area (Å²) in [7, 11) is 1.55. The number of rotatable bonds is 7. The summed E-state index contributed by atoms with van der Waals surface area (Å²) >= 11 is 0. The standard InChI is InChI=1S/C21H26N6O4/c1-27(23)20(22)19(15-6-3-2-4-7-15)26-30-14-16-8-5-9-18(24-16)25-21(28)31-17-10-12-29-13-11-17/h2-9,17,22H,10-14,23H2,1H3,(H,24,25,28)/b22-20?,26-19-. The monoisotopic (exact) mass is 426 g/mol. The molecule has 2 heterocycles. The Bertz CT molecular complexity index is 913. The molecule has 0 bridgehead atoms. The molecule has 1 amide bonds. The van der Waals surface area contributed by atoms with Crippen molar-refractivity contribution in [2.24, 2.45) is 11.0 Å². The summed E-state index contributed by atoms with van der Waals surface area (Å²) in [5.74, 6) is 6.04. The van der Waals surface area contributed by atoms with Crippen molar-refractivity contribution in [3.8, 4) is 0 Å². The zero-order valence-electron chi connectivity index (χ0n) is 17.3. The van der Waals surface area contributed by atoms with Crippen molar-refractivity contribution in [1.82, 2.24) is 9.99 Å². The number of amides is 1. The SMILES string of the molecule is CN(N)C(=N)/C(=N\OCc1cccc(NC(=O)OC2CCOCC2)n1)c1ccccc1. The highest BCUT2D eigenvalue weighted by Gasteiger charge is 2.18. The highest BCUT2D eigenvalue weighted by molar-refractivity contribution is 6.46. The van der Waals surface area contributed by atoms with E-state index in [-0.39, 0.29) is 18.5 Å². The van der Waals surface area contributed by atoms with Crippen molar-refractivity contribution in [3.63, 3.8) is 0 Å². The van der Waals surface area contributed by atoms with Gasteiger partial charge in [-0.25, -0.2) is 15.6 Å². The molecule has 2 aromatic rings. The van der Waals surface area contributed by atoms with Crippen LogP contribution >= 0.6 is 0 Å². The van der Waals surface area contributed by atoms with E-state index < -0.39 is 6.09 Å². The second kappa shape index (κ2) is 11.0. The zero-order chi connectivity index (χ0) is 22.1. The Kier molecular flexibility index (Phi) is 7.91. The van der Waals surface area contributed by atoms with Gasteiger partial charge in [-0.1, -0.05) is 41.6 Å². The van der Waals surface area contributed by atoms with Crippen molar-refractivity contribution in [2.75, 3.05) is 25.6 Å². The maximum atomic E-state index is 12.1. The Labute approximate surface area is 180 Å². The molecule has 0 saturated carbocycles. The maximum Gasteiger partial charge on any atom is 0.413 e. The molecule has 1 aliphatic rings. The quantitative estimate of drug-likeness (QED) is 0.268. The Balaban J connectivity index is 1.60. The van der Waals surface area contributed by atoms with Crippen LogP contribution < -0.4 is 11.2 Å². The third kappa shape index (κ3) is 6.76. The van der Waals surface area contributed by atoms with Gasteiger partial charge in [0, 0.05) is 25.5 Å². The minimum Gasteiger partial charge on any atom is -0.446 e. The number of amidine groups is 1. The van der Waals surface area contributed by atoms with E-state index in [1.165, 1.54) is 0 Å². The number of nitrogens with one attached hydrogen (secondary N) is 2. The van der Waals surface area contributed by atoms with Crippen LogP contribution in [0.15, 0.2) is 53.7 Å². The summed E-state index contributed by atoms with van der Waals surface area (Å²) < 4.78 is 10.6. The molecule has 1 aliphatic heterocycles. The highest BCUT2D eigenvalue weighted by atomic mass is 16.6. The molecular formula is C21H26N6O4. The largest absolute Gasteiger partial charge is 0.446 e. The van der Waals surface area contributed by atoms with Crippen LogP contribution in [0.25, 0.3) is 0 Å². The molecule has 164 valence electrons. The third-order valence-corrected chi connectivity index (χ3v) is 4.47. The number of anilines is 1. The lowest BCUT2D eigenvalue weighted by Crippen LogP contribution is -2.38. The maximum absolute atomic E-state index is 12.1. The van der Waals surface area contributed by atoms with Gasteiger partial charge in [0.15, 0.2) is 18.2 Å². The van der Waals surface area contributed by atoms with Crippen LogP contribution in [0.2, 0.25) is 0 Å². The number of hydrazine groups is 1. The lowest BCUT2D eigenvalue weighted by Gasteiger charge is -2.22. The van der Waals surface area contributed by atoms with Crippen LogP contribution in [0.4, 0.5) is 10.6 Å². The molecule has 31 heavy (non-hydrogen) atoms. The number of carbonyl (C=O) groups is 1. The third-order valence-electron chi connectivity index (χ3n) is 4.47. The lowest BCUT2D eigenvalue weighted by molar-refractivity contribution is 0.00590. The number of nitrogens with two attached hydrogens (primary N) is 1. The fourth-order valence-electron chi connectivity index (χ4n) is 2.87. The Morgan fingerprint density at radius 3 is 2.71 bits per heavy atom. The molecule has 0 radical (unpaired) electrons. The summed E-state index contributed by atoms with van der Waals surface area (Å²) in [6.07, 6.45) is 0.663. The van der Waals surface area contributed by atoms with Crippen LogP contribution in [-0.2, 0) is 20.9 Å². The average molecular weight is 426 g/mol. The molecule has 1 aromatic heterocycles. The molecule has 10 nitrogen and oxygen atoms in total. The highest BCUT2D eigenvalue weighted by Crippen LogP contribution is 2.13. The van der Waals surface area contributed by atoms with Crippen molar-refractivity contribution in [3.05, 3.63) is 59.8 Å². The van der Waals surface area contributed by atoms with Gasteiger partial charge in [0.2, 0.25) is 0 Å². The topological polar surface area (TPSA) is 135 Å². The fourth-order valence-corrected chi connectivity index (χ4v) is 2.87. The number of benzene rings is 1. The molecule has 3 rings (SSSR count). The van der Waals surface area contributed by atoms with Crippen molar-refractivity contribution < 1.29 is 19.1 Å². The Morgan fingerprint density at radius 2 is 2.00 bits per heavy atom. The minimum absolute atomic E-state index is 0.00503. The number of hydrogen-bond acceptors (Lipinski definition) is 8. The summed E-state index contributed by atoms with van der Waals surface area (Å²) in [6, 6.07) is 14.3. The lowest BCUT2D eigenvalue weighted by atomic mass is 10.1. The number of hydrogen-bond donors (Lipinski definition) is 3. The van der Waals surface area contributed by atoms with Gasteiger partial charge < -0.3 is 14.3 Å². The molecule has 0 atom stereocenters. The summed E-state index contributed by atoms with van der Waals surface area (Å²) in [6.45, 7) is 1.22. The van der Waals surface area contributed by atoms with Crippen molar-refractivity contribution in [1.29, 1.82) is 5.41 Å². The summed E-state index contributed by atoms with van der Waals surface area (Å²) in [5, 5.41) is 16.0. The molecule has 0 aliphatic carbocycles. The van der Waals surface area contributed by atoms with Crippen LogP contribution in [0.1, 0.15) is 24.1 Å². The Morgan fingerprint density at radius 1 is 1.26 bits per heavy atom. The second-order valence-corrected chi connectivity index (χ2v) is 6.90. The van der Waals surface area contributed by atoms with E-state index in [2.05, 4.69) is 15.5 Å². The van der Waals surface area contributed by atoms with E-state index in [0.29, 0.717) is 48.8 Å². The van der Waals surface area contributed by atoms with Gasteiger partial charge in [0.1, 0.15) is 11.9 Å². The smallest absolute Gasteiger partial charge is 0.413 e. The minimum atomic E-state index is -0.554. The van der Waals surface area contributed by atoms with Crippen LogP contribution in [0.3, 0.4) is 0 Å². The number of likely N-dealkylation sites (N-methyl/N-ethyl adjacent to an activating group) is 1. The van der Waals surface area contributed by atoms with E-state index in [9.17, 15) is 4.79 Å². The Hall–Kier alpha value is -3.50. The van der Waals surface area contributed by atoms with Crippen LogP contribution in [0.5, 0.6) is 0 Å². The van der Waals surface area contributed by atoms with Gasteiger partial charge in [-0.15, -0.1) is 0 Å². The number of nitrogens with zero attached hydrogens (tertiary/aromatic N) is 3. The molecule has 0 unspecified atom stereocenters. The van der Waals surface area contributed by atoms with Crippen molar-refractivity contribution >= 4 is 23.5 Å². The van der Waals surface area contributed by atoms with Gasteiger partial charge >= 0.3 is 6.09 Å². The summed E-state index contributed by atoms with van der Waals surface area (Å²) in [5.41, 5.74) is 1.54. The number of pyridine rings is 1. The van der Waals surface area contributed by atoms with E-state index in [1.54, 1.807) is 25.2 Å². The van der Waals surface area contributed by atoms with Crippen LogP contribution in [0, 0.1) is 5.41 Å². The zero-order valence-corrected chi connectivity index (χ0v) is 17.3. The van der Waals surface area contributed by atoms with Gasteiger partial charge in [0.05, 0.1) is 18.9 Å². The summed E-state index contributed by atoms with van der Waals surface area (Å²) in [4.78, 5) is 21.9. The molecule has 1 aromatic carbocycles. The van der Waals surface area contributed by atoms with Crippen molar-refractivity contribution in [2.45, 2.75) is 25.6 Å². The van der Waals surface area contributed by atoms with Gasteiger partial charge in [0.25, 0.3) is 0 Å². The average Bonchev–Trinajstić information content (AvgIpc) is 2.78. The number of oxime groups is 1. The first-order valence-electron chi connectivity index (χ1n) is 9.87. The second-order valence-electron chi connectivity index (χ2n) is 6.90. The number of aromatic nitrogens is 1. The number of ether oxygens (including phenoxy) is 2. The molecule has 1 fully saturated rings. The molecule has 1 saturated heterocycles. The van der Waals surface area contributed by atoms with Gasteiger partial charge in [-0.3, -0.25) is 15.7 Å². The van der Waals surface area contributed by atoms with Gasteiger partial charge in [-0.2, -0.15) is 0 Å². The first-order valence-corrected chi connectivity index (χ1v) is 9.87. The molecule has 0 spiro atoms. The van der Waals surface area contributed by atoms with E-state index >= 15 is 0 Å². The van der Waals surface area contributed by atoms with Gasteiger partial charge in [-0.05, 0) is 12.1 Å². The molecular weight excluding hydrogens is 400 g/mol. The first kappa shape index (κ1) is 22.2. The number of carbonyl (C=O) groups excluding carboxylic acids is 1. The molecule has 4 N–H and O–H groups in total. The van der Waals surface area contributed by atoms with Crippen LogP contribution in [-0.4, -0.2) is 54.0 Å². The first-order chi connectivity index (χ1) is 15.0. The predicted octanol–water partition coefficient (Wildman–Crippen LogP) is 2.51. The predicted molar refractivity (Wildman–Crippen MR) is 116 cm³/mol. The van der Waals surface area contributed by atoms with E-state index in [4.69, 9.17) is 25.6 Å². The van der Waals surface area contributed by atoms with E-state index in [1.807, 2.05) is 30.3 Å². The molecule has 10 heteroatoms.